The van der Waals surface area contributed by atoms with E-state index in [0.29, 0.717) is 5.82 Å². The maximum Gasteiger partial charge on any atom is 0.139 e. The molecular weight excluding hydrogens is 252 g/mol. The lowest BCUT2D eigenvalue weighted by Gasteiger charge is -2.14. The summed E-state index contributed by atoms with van der Waals surface area (Å²) >= 11 is 0. The van der Waals surface area contributed by atoms with E-state index >= 15 is 0 Å². The van der Waals surface area contributed by atoms with Crippen LogP contribution in [0.3, 0.4) is 0 Å². The van der Waals surface area contributed by atoms with Crippen molar-refractivity contribution >= 4 is 17.3 Å². The van der Waals surface area contributed by atoms with Gasteiger partial charge in [-0.05, 0) is 19.1 Å². The molecule has 5 nitrogen and oxygen atoms in total. The first-order valence-electron chi connectivity index (χ1n) is 6.56. The van der Waals surface area contributed by atoms with Gasteiger partial charge in [0.05, 0.1) is 7.11 Å². The molecule has 2 rings (SSSR count). The minimum atomic E-state index is 0.226. The topological polar surface area (TPSA) is 73.1 Å². The second-order valence-electron chi connectivity index (χ2n) is 4.95. The zero-order valence-electron chi connectivity index (χ0n) is 12.3. The Hall–Kier alpha value is -2.30. The van der Waals surface area contributed by atoms with Crippen molar-refractivity contribution in [2.24, 2.45) is 0 Å². The standard InChI is InChI=1S/C15H20N4O/c1-9(2)14-18-13(16)10(3)15(19-14)17-11-6-5-7-12(8-11)20-4/h5-9H,1-4H3,(H3,16,17,18,19). The third kappa shape index (κ3) is 2.99. The number of rotatable bonds is 4. The Kier molecular flexibility index (Phi) is 4.08. The van der Waals surface area contributed by atoms with E-state index in [1.165, 1.54) is 0 Å². The second-order valence-corrected chi connectivity index (χ2v) is 4.95. The highest BCUT2D eigenvalue weighted by Gasteiger charge is 2.11. The highest BCUT2D eigenvalue weighted by atomic mass is 16.5. The van der Waals surface area contributed by atoms with Crippen LogP contribution in [0.5, 0.6) is 5.75 Å². The largest absolute Gasteiger partial charge is 0.497 e. The monoisotopic (exact) mass is 272 g/mol. The fourth-order valence-corrected chi connectivity index (χ4v) is 1.77. The molecule has 0 amide bonds. The van der Waals surface area contributed by atoms with Crippen LogP contribution >= 0.6 is 0 Å². The van der Waals surface area contributed by atoms with Crippen molar-refractivity contribution in [3.8, 4) is 5.75 Å². The third-order valence-electron chi connectivity index (χ3n) is 3.05. The maximum atomic E-state index is 5.95. The van der Waals surface area contributed by atoms with Gasteiger partial charge in [0.1, 0.15) is 23.2 Å². The van der Waals surface area contributed by atoms with Gasteiger partial charge in [0.15, 0.2) is 0 Å². The van der Waals surface area contributed by atoms with E-state index in [1.54, 1.807) is 7.11 Å². The molecule has 0 aliphatic carbocycles. The van der Waals surface area contributed by atoms with E-state index in [2.05, 4.69) is 15.3 Å². The van der Waals surface area contributed by atoms with Crippen LogP contribution in [0.15, 0.2) is 24.3 Å². The molecule has 0 aliphatic rings. The van der Waals surface area contributed by atoms with Gasteiger partial charge in [-0.25, -0.2) is 9.97 Å². The summed E-state index contributed by atoms with van der Waals surface area (Å²) in [4.78, 5) is 8.85. The van der Waals surface area contributed by atoms with Gasteiger partial charge < -0.3 is 15.8 Å². The summed E-state index contributed by atoms with van der Waals surface area (Å²) in [6, 6.07) is 7.68. The van der Waals surface area contributed by atoms with Crippen molar-refractivity contribution < 1.29 is 4.74 Å². The van der Waals surface area contributed by atoms with E-state index in [4.69, 9.17) is 10.5 Å². The van der Waals surface area contributed by atoms with Crippen LogP contribution in [-0.2, 0) is 0 Å². The van der Waals surface area contributed by atoms with Gasteiger partial charge in [0, 0.05) is 23.2 Å². The first kappa shape index (κ1) is 14.1. The SMILES string of the molecule is COc1cccc(Nc2nc(C(C)C)nc(N)c2C)c1. The highest BCUT2D eigenvalue weighted by Crippen LogP contribution is 2.25. The van der Waals surface area contributed by atoms with E-state index < -0.39 is 0 Å². The molecule has 0 radical (unpaired) electrons. The Morgan fingerprint density at radius 1 is 1.25 bits per heavy atom. The second kappa shape index (κ2) is 5.77. The molecule has 2 aromatic rings. The lowest BCUT2D eigenvalue weighted by molar-refractivity contribution is 0.415. The van der Waals surface area contributed by atoms with Gasteiger partial charge in [0.2, 0.25) is 0 Å². The normalized spacial score (nSPS) is 10.7. The van der Waals surface area contributed by atoms with E-state index in [-0.39, 0.29) is 5.92 Å². The number of nitrogens with zero attached hydrogens (tertiary/aromatic N) is 2. The first-order valence-corrected chi connectivity index (χ1v) is 6.56. The molecule has 0 fully saturated rings. The van der Waals surface area contributed by atoms with Gasteiger partial charge in [0.25, 0.3) is 0 Å². The van der Waals surface area contributed by atoms with Crippen LogP contribution in [0.2, 0.25) is 0 Å². The fourth-order valence-electron chi connectivity index (χ4n) is 1.77. The summed E-state index contributed by atoms with van der Waals surface area (Å²) in [5.41, 5.74) is 7.70. The zero-order valence-corrected chi connectivity index (χ0v) is 12.3. The van der Waals surface area contributed by atoms with Crippen LogP contribution in [0.1, 0.15) is 31.2 Å². The summed E-state index contributed by atoms with van der Waals surface area (Å²) in [5.74, 6) is 2.99. The van der Waals surface area contributed by atoms with Crippen molar-refractivity contribution in [1.29, 1.82) is 0 Å². The molecule has 1 aromatic carbocycles. The summed E-state index contributed by atoms with van der Waals surface area (Å²) in [6.45, 7) is 5.99. The molecule has 0 atom stereocenters. The minimum absolute atomic E-state index is 0.226. The van der Waals surface area contributed by atoms with Crippen LogP contribution < -0.4 is 15.8 Å². The molecule has 0 aliphatic heterocycles. The summed E-state index contributed by atoms with van der Waals surface area (Å²) < 4.78 is 5.21. The summed E-state index contributed by atoms with van der Waals surface area (Å²) in [5, 5.41) is 3.27. The van der Waals surface area contributed by atoms with Crippen LogP contribution in [0.4, 0.5) is 17.3 Å². The van der Waals surface area contributed by atoms with E-state index in [9.17, 15) is 0 Å². The van der Waals surface area contributed by atoms with Crippen molar-refractivity contribution in [3.63, 3.8) is 0 Å². The Labute approximate surface area is 119 Å². The molecule has 0 bridgehead atoms. The van der Waals surface area contributed by atoms with Gasteiger partial charge >= 0.3 is 0 Å². The number of benzene rings is 1. The number of hydrogen-bond acceptors (Lipinski definition) is 5. The molecule has 0 unspecified atom stereocenters. The molecule has 0 saturated carbocycles. The van der Waals surface area contributed by atoms with E-state index in [1.807, 2.05) is 45.0 Å². The molecule has 5 heteroatoms. The van der Waals surface area contributed by atoms with Crippen molar-refractivity contribution in [2.45, 2.75) is 26.7 Å². The maximum absolute atomic E-state index is 5.95. The molecular formula is C15H20N4O. The number of hydrogen-bond donors (Lipinski definition) is 2. The lowest BCUT2D eigenvalue weighted by Crippen LogP contribution is -2.08. The minimum Gasteiger partial charge on any atom is -0.497 e. The molecule has 1 heterocycles. The quantitative estimate of drug-likeness (QED) is 0.893. The Morgan fingerprint density at radius 2 is 2.00 bits per heavy atom. The van der Waals surface area contributed by atoms with Crippen LogP contribution in [-0.4, -0.2) is 17.1 Å². The van der Waals surface area contributed by atoms with Crippen molar-refractivity contribution in [3.05, 3.63) is 35.7 Å². The van der Waals surface area contributed by atoms with Gasteiger partial charge in [-0.2, -0.15) is 0 Å². The Morgan fingerprint density at radius 3 is 2.65 bits per heavy atom. The van der Waals surface area contributed by atoms with Gasteiger partial charge in [-0.15, -0.1) is 0 Å². The van der Waals surface area contributed by atoms with E-state index in [0.717, 1.165) is 28.6 Å². The number of ether oxygens (including phenoxy) is 1. The van der Waals surface area contributed by atoms with Crippen LogP contribution in [0, 0.1) is 6.92 Å². The first-order chi connectivity index (χ1) is 9.51. The van der Waals surface area contributed by atoms with Gasteiger partial charge in [-0.1, -0.05) is 19.9 Å². The smallest absolute Gasteiger partial charge is 0.139 e. The molecule has 0 saturated heterocycles. The lowest BCUT2D eigenvalue weighted by atomic mass is 10.2. The number of aromatic nitrogens is 2. The molecule has 0 spiro atoms. The van der Waals surface area contributed by atoms with Crippen molar-refractivity contribution in [1.82, 2.24) is 9.97 Å². The average Bonchev–Trinajstić information content (AvgIpc) is 2.43. The summed E-state index contributed by atoms with van der Waals surface area (Å²) in [7, 11) is 1.64. The fraction of sp³-hybridized carbons (Fsp3) is 0.333. The van der Waals surface area contributed by atoms with Crippen molar-refractivity contribution in [2.75, 3.05) is 18.2 Å². The highest BCUT2D eigenvalue weighted by molar-refractivity contribution is 5.64. The zero-order chi connectivity index (χ0) is 14.7. The number of nitrogens with one attached hydrogen (secondary N) is 1. The number of methoxy groups -OCH3 is 1. The van der Waals surface area contributed by atoms with Gasteiger partial charge in [-0.3, -0.25) is 0 Å². The molecule has 1 aromatic heterocycles. The molecule has 20 heavy (non-hydrogen) atoms. The van der Waals surface area contributed by atoms with Crippen LogP contribution in [0.25, 0.3) is 0 Å². The molecule has 3 N–H and O–H groups in total. The Balaban J connectivity index is 2.37. The number of nitrogen functional groups attached to an aromatic ring is 1. The summed E-state index contributed by atoms with van der Waals surface area (Å²) in [6.07, 6.45) is 0. The average molecular weight is 272 g/mol. The predicted molar refractivity (Wildman–Crippen MR) is 81.5 cm³/mol. The predicted octanol–water partition coefficient (Wildman–Crippen LogP) is 3.24. The Bertz CT molecular complexity index is 611. The third-order valence-corrected chi connectivity index (χ3v) is 3.05. The molecule has 106 valence electrons. The number of nitrogens with two attached hydrogens (primary N) is 1. The number of anilines is 3.